The molecule has 4 rings (SSSR count). The number of hydrogen-bond donors (Lipinski definition) is 0. The number of rotatable bonds is 7. The Morgan fingerprint density at radius 3 is 2.03 bits per heavy atom. The lowest BCUT2D eigenvalue weighted by atomic mass is 9.96. The third kappa shape index (κ3) is 4.80. The first kappa shape index (κ1) is 21.5. The zero-order chi connectivity index (χ0) is 21.9. The van der Waals surface area contributed by atoms with Crippen LogP contribution in [0.15, 0.2) is 60.7 Å². The van der Waals surface area contributed by atoms with Crippen LogP contribution in [0.3, 0.4) is 0 Å². The monoisotopic (exact) mass is 442 g/mol. The molecule has 2 fully saturated rings. The molecule has 2 aromatic carbocycles. The summed E-state index contributed by atoms with van der Waals surface area (Å²) in [4.78, 5) is 26.7. The molecule has 0 spiro atoms. The maximum absolute atomic E-state index is 12.7. The van der Waals surface area contributed by atoms with E-state index in [4.69, 9.17) is 4.74 Å². The van der Waals surface area contributed by atoms with Gasteiger partial charge in [-0.2, -0.15) is 4.31 Å². The smallest absolute Gasteiger partial charge is 0.317 e. The summed E-state index contributed by atoms with van der Waals surface area (Å²) < 4.78 is 32.1. The second-order valence-electron chi connectivity index (χ2n) is 8.05. The maximum Gasteiger partial charge on any atom is 0.317 e. The van der Waals surface area contributed by atoms with Crippen molar-refractivity contribution in [3.05, 3.63) is 71.8 Å². The molecule has 0 aromatic heterocycles. The van der Waals surface area contributed by atoms with Gasteiger partial charge in [-0.25, -0.2) is 8.42 Å². The molecule has 2 aliphatic rings. The van der Waals surface area contributed by atoms with Crippen molar-refractivity contribution in [1.82, 2.24) is 9.21 Å². The van der Waals surface area contributed by atoms with Gasteiger partial charge in [-0.15, -0.1) is 0 Å². The number of carbonyl (C=O) groups is 2. The highest BCUT2D eigenvalue weighted by molar-refractivity contribution is 7.88. The Hall–Kier alpha value is -2.71. The Morgan fingerprint density at radius 2 is 1.45 bits per heavy atom. The van der Waals surface area contributed by atoms with Crippen molar-refractivity contribution in [2.75, 3.05) is 32.8 Å². The van der Waals surface area contributed by atoms with Gasteiger partial charge in [0.1, 0.15) is 0 Å². The first-order valence-corrected chi connectivity index (χ1v) is 12.0. The number of sulfonamides is 1. The van der Waals surface area contributed by atoms with Gasteiger partial charge in [-0.05, 0) is 24.0 Å². The van der Waals surface area contributed by atoms with Crippen LogP contribution >= 0.6 is 0 Å². The van der Waals surface area contributed by atoms with Crippen molar-refractivity contribution in [2.45, 2.75) is 24.0 Å². The van der Waals surface area contributed by atoms with Gasteiger partial charge >= 0.3 is 5.97 Å². The molecule has 0 bridgehead atoms. The van der Waals surface area contributed by atoms with Gasteiger partial charge in [0.2, 0.25) is 10.0 Å². The van der Waals surface area contributed by atoms with Gasteiger partial charge in [-0.1, -0.05) is 60.7 Å². The second-order valence-corrected chi connectivity index (χ2v) is 10.0. The van der Waals surface area contributed by atoms with Crippen LogP contribution in [-0.4, -0.2) is 62.3 Å². The molecule has 164 valence electrons. The average molecular weight is 443 g/mol. The quantitative estimate of drug-likeness (QED) is 0.612. The van der Waals surface area contributed by atoms with E-state index in [1.807, 2.05) is 48.5 Å². The minimum atomic E-state index is -3.44. The number of carbonyl (C=O) groups excluding carboxylic acids is 2. The number of nitrogens with zero attached hydrogens (tertiary/aromatic N) is 2. The Bertz CT molecular complexity index is 1030. The molecule has 0 unspecified atom stereocenters. The summed E-state index contributed by atoms with van der Waals surface area (Å²) in [6, 6.07) is 18.5. The SMILES string of the molecule is O=C(COC(=O)C1(c2ccccc2)CC1)N1CCN(S(=O)(=O)Cc2ccccc2)CC1. The Labute approximate surface area is 182 Å². The van der Waals surface area contributed by atoms with E-state index in [-0.39, 0.29) is 50.4 Å². The summed E-state index contributed by atoms with van der Waals surface area (Å²) in [5.41, 5.74) is 1.04. The molecule has 1 heterocycles. The van der Waals surface area contributed by atoms with E-state index in [0.29, 0.717) is 0 Å². The predicted octanol–water partition coefficient (Wildman–Crippen LogP) is 1.94. The van der Waals surface area contributed by atoms with Gasteiger partial charge in [-0.3, -0.25) is 9.59 Å². The topological polar surface area (TPSA) is 84.0 Å². The molecule has 1 saturated heterocycles. The highest BCUT2D eigenvalue weighted by Crippen LogP contribution is 2.49. The lowest BCUT2D eigenvalue weighted by Crippen LogP contribution is -2.51. The molecule has 1 aliphatic heterocycles. The van der Waals surface area contributed by atoms with Crippen molar-refractivity contribution in [2.24, 2.45) is 0 Å². The van der Waals surface area contributed by atoms with Gasteiger partial charge in [0.15, 0.2) is 6.61 Å². The summed E-state index contributed by atoms with van der Waals surface area (Å²) in [6.45, 7) is 0.734. The molecule has 0 radical (unpaired) electrons. The first-order chi connectivity index (χ1) is 14.9. The second kappa shape index (κ2) is 8.80. The Balaban J connectivity index is 1.26. The third-order valence-corrected chi connectivity index (χ3v) is 7.82. The summed E-state index contributed by atoms with van der Waals surface area (Å²) >= 11 is 0. The lowest BCUT2D eigenvalue weighted by molar-refractivity contribution is -0.154. The van der Waals surface area contributed by atoms with E-state index in [1.165, 1.54) is 4.31 Å². The number of amides is 1. The molecule has 31 heavy (non-hydrogen) atoms. The maximum atomic E-state index is 12.7. The van der Waals surface area contributed by atoms with Crippen LogP contribution in [0, 0.1) is 0 Å². The first-order valence-electron chi connectivity index (χ1n) is 10.4. The van der Waals surface area contributed by atoms with Crippen LogP contribution in [0.5, 0.6) is 0 Å². The average Bonchev–Trinajstić information content (AvgIpc) is 3.60. The molecular weight excluding hydrogens is 416 g/mol. The molecular formula is C23H26N2O5S. The zero-order valence-corrected chi connectivity index (χ0v) is 18.1. The van der Waals surface area contributed by atoms with Crippen molar-refractivity contribution < 1.29 is 22.7 Å². The van der Waals surface area contributed by atoms with Crippen LogP contribution in [-0.2, 0) is 35.5 Å². The van der Waals surface area contributed by atoms with E-state index < -0.39 is 15.4 Å². The van der Waals surface area contributed by atoms with E-state index in [1.54, 1.807) is 17.0 Å². The number of hydrogen-bond acceptors (Lipinski definition) is 5. The standard InChI is InChI=1S/C23H26N2O5S/c26-21(17-30-22(27)23(11-12-23)20-9-5-2-6-10-20)24-13-15-25(16-14-24)31(28,29)18-19-7-3-1-4-8-19/h1-10H,11-18H2. The predicted molar refractivity (Wildman–Crippen MR) is 116 cm³/mol. The molecule has 7 nitrogen and oxygen atoms in total. The lowest BCUT2D eigenvalue weighted by Gasteiger charge is -2.34. The van der Waals surface area contributed by atoms with Gasteiger partial charge in [0, 0.05) is 26.2 Å². The molecule has 1 saturated carbocycles. The van der Waals surface area contributed by atoms with Gasteiger partial charge in [0.05, 0.1) is 11.2 Å². The molecule has 0 N–H and O–H groups in total. The Morgan fingerprint density at radius 1 is 0.871 bits per heavy atom. The summed E-state index contributed by atoms with van der Waals surface area (Å²) in [5, 5.41) is 0. The number of esters is 1. The van der Waals surface area contributed by atoms with Crippen molar-refractivity contribution in [3.63, 3.8) is 0 Å². The highest BCUT2D eigenvalue weighted by Gasteiger charge is 2.52. The van der Waals surface area contributed by atoms with Crippen molar-refractivity contribution in [3.8, 4) is 0 Å². The molecule has 2 aromatic rings. The van der Waals surface area contributed by atoms with Crippen molar-refractivity contribution >= 4 is 21.9 Å². The molecule has 8 heteroatoms. The molecule has 1 amide bonds. The summed E-state index contributed by atoms with van der Waals surface area (Å²) in [6.07, 6.45) is 1.45. The van der Waals surface area contributed by atoms with Gasteiger partial charge < -0.3 is 9.64 Å². The number of ether oxygens (including phenoxy) is 1. The third-order valence-electron chi connectivity index (χ3n) is 5.97. The number of benzene rings is 2. The van der Waals surface area contributed by atoms with Crippen LogP contribution in [0.25, 0.3) is 0 Å². The fraction of sp³-hybridized carbons (Fsp3) is 0.391. The van der Waals surface area contributed by atoms with E-state index >= 15 is 0 Å². The van der Waals surface area contributed by atoms with Crippen molar-refractivity contribution in [1.29, 1.82) is 0 Å². The minimum Gasteiger partial charge on any atom is -0.455 e. The van der Waals surface area contributed by atoms with Crippen LogP contribution < -0.4 is 0 Å². The largest absolute Gasteiger partial charge is 0.455 e. The fourth-order valence-corrected chi connectivity index (χ4v) is 5.46. The van der Waals surface area contributed by atoms with Gasteiger partial charge in [0.25, 0.3) is 5.91 Å². The minimum absolute atomic E-state index is 0.0546. The molecule has 1 aliphatic carbocycles. The normalized spacial score (nSPS) is 18.4. The Kier molecular flexibility index (Phi) is 6.11. The number of piperazine rings is 1. The van der Waals surface area contributed by atoms with E-state index in [0.717, 1.165) is 24.0 Å². The van der Waals surface area contributed by atoms with E-state index in [9.17, 15) is 18.0 Å². The zero-order valence-electron chi connectivity index (χ0n) is 17.3. The van der Waals surface area contributed by atoms with E-state index in [2.05, 4.69) is 0 Å². The summed E-state index contributed by atoms with van der Waals surface area (Å²) in [5.74, 6) is -0.713. The van der Waals surface area contributed by atoms with Crippen LogP contribution in [0.4, 0.5) is 0 Å². The van der Waals surface area contributed by atoms with Crippen LogP contribution in [0.2, 0.25) is 0 Å². The molecule has 0 atom stereocenters. The fourth-order valence-electron chi connectivity index (χ4n) is 3.94. The highest BCUT2D eigenvalue weighted by atomic mass is 32.2. The summed E-state index contributed by atoms with van der Waals surface area (Å²) in [7, 11) is -3.44. The van der Waals surface area contributed by atoms with Crippen LogP contribution in [0.1, 0.15) is 24.0 Å².